The van der Waals surface area contributed by atoms with E-state index in [0.717, 1.165) is 5.56 Å². The summed E-state index contributed by atoms with van der Waals surface area (Å²) in [6, 6.07) is 12.0. The highest BCUT2D eigenvalue weighted by Gasteiger charge is 2.15. The van der Waals surface area contributed by atoms with Gasteiger partial charge in [0.15, 0.2) is 0 Å². The summed E-state index contributed by atoms with van der Waals surface area (Å²) in [4.78, 5) is 14.1. The highest BCUT2D eigenvalue weighted by molar-refractivity contribution is 5.94. The number of nitrogens with two attached hydrogens (primary N) is 1. The van der Waals surface area contributed by atoms with Crippen LogP contribution in [0.25, 0.3) is 0 Å². The minimum absolute atomic E-state index is 0.182. The lowest BCUT2D eigenvalue weighted by Gasteiger charge is -2.21. The van der Waals surface area contributed by atoms with Gasteiger partial charge in [0.05, 0.1) is 0 Å². The molecule has 0 spiro atoms. The number of carbonyl (C=O) groups excluding carboxylic acids is 1. The number of hydrogen-bond donors (Lipinski definition) is 1. The zero-order valence-electron chi connectivity index (χ0n) is 12.3. The third-order valence-corrected chi connectivity index (χ3v) is 3.41. The maximum atomic E-state index is 13.6. The largest absolute Gasteiger partial charge is 0.399 e. The molecule has 0 heterocycles. The number of nitrogens with zero attached hydrogens (tertiary/aromatic N) is 1. The second kappa shape index (κ2) is 6.39. The summed E-state index contributed by atoms with van der Waals surface area (Å²) in [7, 11) is 0. The average molecular weight is 286 g/mol. The van der Waals surface area contributed by atoms with Gasteiger partial charge in [-0.3, -0.25) is 4.79 Å². The van der Waals surface area contributed by atoms with E-state index in [1.165, 1.54) is 6.07 Å². The van der Waals surface area contributed by atoms with Gasteiger partial charge < -0.3 is 10.6 Å². The van der Waals surface area contributed by atoms with Gasteiger partial charge in [-0.05, 0) is 49.2 Å². The van der Waals surface area contributed by atoms with E-state index in [4.69, 9.17) is 5.73 Å². The van der Waals surface area contributed by atoms with Crippen molar-refractivity contribution in [3.8, 4) is 0 Å². The molecule has 0 fully saturated rings. The molecule has 0 atom stereocenters. The van der Waals surface area contributed by atoms with Gasteiger partial charge in [0, 0.05) is 24.3 Å². The first kappa shape index (κ1) is 15.0. The molecule has 0 aliphatic carbocycles. The van der Waals surface area contributed by atoms with Gasteiger partial charge in [-0.15, -0.1) is 0 Å². The van der Waals surface area contributed by atoms with E-state index in [1.54, 1.807) is 30.0 Å². The van der Waals surface area contributed by atoms with Crippen LogP contribution in [0.1, 0.15) is 28.4 Å². The maximum absolute atomic E-state index is 13.6. The van der Waals surface area contributed by atoms with Crippen LogP contribution in [0.5, 0.6) is 0 Å². The molecule has 1 amide bonds. The average Bonchev–Trinajstić information content (AvgIpc) is 2.47. The van der Waals surface area contributed by atoms with Crippen LogP contribution in [-0.4, -0.2) is 17.4 Å². The summed E-state index contributed by atoms with van der Waals surface area (Å²) >= 11 is 0. The fourth-order valence-corrected chi connectivity index (χ4v) is 2.15. The summed E-state index contributed by atoms with van der Waals surface area (Å²) in [6.07, 6.45) is 0. The fraction of sp³-hybridized carbons (Fsp3) is 0.235. The molecule has 0 aromatic heterocycles. The van der Waals surface area contributed by atoms with Crippen molar-refractivity contribution in [1.82, 2.24) is 4.90 Å². The predicted molar refractivity (Wildman–Crippen MR) is 82.4 cm³/mol. The van der Waals surface area contributed by atoms with E-state index >= 15 is 0 Å². The Hall–Kier alpha value is -2.36. The Balaban J connectivity index is 2.20. The van der Waals surface area contributed by atoms with Crippen LogP contribution >= 0.6 is 0 Å². The molecule has 2 rings (SSSR count). The second-order valence-corrected chi connectivity index (χ2v) is 5.03. The molecule has 110 valence electrons. The van der Waals surface area contributed by atoms with E-state index in [9.17, 15) is 9.18 Å². The van der Waals surface area contributed by atoms with Gasteiger partial charge >= 0.3 is 0 Å². The zero-order chi connectivity index (χ0) is 15.4. The molecule has 2 aromatic rings. The molecule has 0 bridgehead atoms. The Bertz CT molecular complexity index is 655. The number of aryl methyl sites for hydroxylation is 1. The fourth-order valence-electron chi connectivity index (χ4n) is 2.15. The maximum Gasteiger partial charge on any atom is 0.254 e. The first-order chi connectivity index (χ1) is 10.0. The molecule has 3 nitrogen and oxygen atoms in total. The van der Waals surface area contributed by atoms with Crippen molar-refractivity contribution < 1.29 is 9.18 Å². The SMILES string of the molecule is CCN(Cc1cccc(N)c1)C(=O)c1ccc(C)c(F)c1. The van der Waals surface area contributed by atoms with Gasteiger partial charge in [-0.1, -0.05) is 18.2 Å². The van der Waals surface area contributed by atoms with E-state index in [0.29, 0.717) is 29.9 Å². The predicted octanol–water partition coefficient (Wildman–Crippen LogP) is 3.38. The number of hydrogen-bond acceptors (Lipinski definition) is 2. The summed E-state index contributed by atoms with van der Waals surface area (Å²) in [6.45, 7) is 4.57. The van der Waals surface area contributed by atoms with Crippen molar-refractivity contribution in [3.63, 3.8) is 0 Å². The van der Waals surface area contributed by atoms with Crippen LogP contribution in [0.15, 0.2) is 42.5 Å². The molecule has 0 radical (unpaired) electrons. The van der Waals surface area contributed by atoms with Gasteiger partial charge in [0.2, 0.25) is 0 Å². The third kappa shape index (κ3) is 3.60. The molecule has 4 heteroatoms. The molecule has 0 aliphatic heterocycles. The highest BCUT2D eigenvalue weighted by atomic mass is 19.1. The Morgan fingerprint density at radius 3 is 2.62 bits per heavy atom. The first-order valence-corrected chi connectivity index (χ1v) is 6.91. The molecule has 2 aromatic carbocycles. The zero-order valence-corrected chi connectivity index (χ0v) is 12.3. The molecule has 0 unspecified atom stereocenters. The van der Waals surface area contributed by atoms with Crippen molar-refractivity contribution in [2.45, 2.75) is 20.4 Å². The Kier molecular flexibility index (Phi) is 4.58. The lowest BCUT2D eigenvalue weighted by molar-refractivity contribution is 0.0752. The van der Waals surface area contributed by atoms with E-state index in [-0.39, 0.29) is 11.7 Å². The Morgan fingerprint density at radius 2 is 2.00 bits per heavy atom. The lowest BCUT2D eigenvalue weighted by Crippen LogP contribution is -2.30. The van der Waals surface area contributed by atoms with Gasteiger partial charge in [0.1, 0.15) is 5.82 Å². The number of nitrogen functional groups attached to an aromatic ring is 1. The quantitative estimate of drug-likeness (QED) is 0.876. The number of anilines is 1. The topological polar surface area (TPSA) is 46.3 Å². The van der Waals surface area contributed by atoms with Crippen molar-refractivity contribution in [2.24, 2.45) is 0 Å². The molecule has 2 N–H and O–H groups in total. The number of benzene rings is 2. The van der Waals surface area contributed by atoms with E-state index < -0.39 is 0 Å². The Morgan fingerprint density at radius 1 is 1.24 bits per heavy atom. The first-order valence-electron chi connectivity index (χ1n) is 6.91. The van der Waals surface area contributed by atoms with Crippen molar-refractivity contribution in [2.75, 3.05) is 12.3 Å². The number of amides is 1. The van der Waals surface area contributed by atoms with Crippen LogP contribution in [-0.2, 0) is 6.54 Å². The summed E-state index contributed by atoms with van der Waals surface area (Å²) in [5, 5.41) is 0. The molecule has 21 heavy (non-hydrogen) atoms. The van der Waals surface area contributed by atoms with Crippen LogP contribution in [0.3, 0.4) is 0 Å². The smallest absolute Gasteiger partial charge is 0.254 e. The number of rotatable bonds is 4. The Labute approximate surface area is 124 Å². The minimum atomic E-state index is -0.360. The van der Waals surface area contributed by atoms with Crippen molar-refractivity contribution in [1.29, 1.82) is 0 Å². The normalized spacial score (nSPS) is 10.4. The van der Waals surface area contributed by atoms with Crippen LogP contribution in [0, 0.1) is 12.7 Å². The van der Waals surface area contributed by atoms with E-state index in [2.05, 4.69) is 0 Å². The molecule has 0 saturated carbocycles. The van der Waals surface area contributed by atoms with Crippen LogP contribution in [0.4, 0.5) is 10.1 Å². The molecule has 0 aliphatic rings. The number of halogens is 1. The lowest BCUT2D eigenvalue weighted by atomic mass is 10.1. The summed E-state index contributed by atoms with van der Waals surface area (Å²) < 4.78 is 13.6. The minimum Gasteiger partial charge on any atom is -0.399 e. The third-order valence-electron chi connectivity index (χ3n) is 3.41. The second-order valence-electron chi connectivity index (χ2n) is 5.03. The van der Waals surface area contributed by atoms with Crippen LogP contribution in [0.2, 0.25) is 0 Å². The summed E-state index contributed by atoms with van der Waals surface area (Å²) in [5.41, 5.74) is 8.26. The molecular formula is C17H19FN2O. The van der Waals surface area contributed by atoms with Gasteiger partial charge in [0.25, 0.3) is 5.91 Å². The highest BCUT2D eigenvalue weighted by Crippen LogP contribution is 2.15. The molecular weight excluding hydrogens is 267 g/mol. The summed E-state index contributed by atoms with van der Waals surface area (Å²) in [5.74, 6) is -0.542. The van der Waals surface area contributed by atoms with E-state index in [1.807, 2.05) is 25.1 Å². The number of carbonyl (C=O) groups is 1. The van der Waals surface area contributed by atoms with Crippen molar-refractivity contribution >= 4 is 11.6 Å². The molecule has 0 saturated heterocycles. The van der Waals surface area contributed by atoms with Gasteiger partial charge in [-0.2, -0.15) is 0 Å². The monoisotopic (exact) mass is 286 g/mol. The van der Waals surface area contributed by atoms with Crippen molar-refractivity contribution in [3.05, 3.63) is 65.0 Å². The van der Waals surface area contributed by atoms with Crippen LogP contribution < -0.4 is 5.73 Å². The standard InChI is InChI=1S/C17H19FN2O/c1-3-20(11-13-5-4-6-15(19)9-13)17(21)14-8-7-12(2)16(18)10-14/h4-10H,3,11,19H2,1-2H3. The van der Waals surface area contributed by atoms with Gasteiger partial charge in [-0.25, -0.2) is 4.39 Å².